The summed E-state index contributed by atoms with van der Waals surface area (Å²) in [4.78, 5) is 14.2. The molecule has 0 aliphatic heterocycles. The van der Waals surface area contributed by atoms with Gasteiger partial charge < -0.3 is 0 Å². The average molecular weight is 423 g/mol. The van der Waals surface area contributed by atoms with Crippen molar-refractivity contribution in [1.29, 1.82) is 0 Å². The Morgan fingerprint density at radius 1 is 0.606 bits per heavy atom. The third-order valence-electron chi connectivity index (χ3n) is 6.11. The lowest BCUT2D eigenvalue weighted by Gasteiger charge is -2.13. The van der Waals surface area contributed by atoms with Gasteiger partial charge in [0.15, 0.2) is 5.65 Å². The molecular weight excluding hydrogens is 406 g/mol. The summed E-state index contributed by atoms with van der Waals surface area (Å²) in [6.07, 6.45) is 3.41. The average Bonchev–Trinajstić information content (AvgIpc) is 3.34. The second-order valence-electron chi connectivity index (χ2n) is 8.02. The maximum Gasteiger partial charge on any atom is 0.179 e. The van der Waals surface area contributed by atoms with Gasteiger partial charge in [-0.1, -0.05) is 84.9 Å². The van der Waals surface area contributed by atoms with Crippen LogP contribution < -0.4 is 0 Å². The fourth-order valence-electron chi connectivity index (χ4n) is 4.66. The number of fused-ring (bicyclic) bond motifs is 7. The van der Waals surface area contributed by atoms with Crippen molar-refractivity contribution < 1.29 is 0 Å². The number of benzene rings is 3. The molecular formula is C28H17N5. The van der Waals surface area contributed by atoms with Crippen molar-refractivity contribution in [2.75, 3.05) is 0 Å². The number of hydrogen-bond donors (Lipinski definition) is 0. The third-order valence-corrected chi connectivity index (χ3v) is 6.11. The standard InChI is InChI=1S/C28H17N5/c1-3-9-18(10-4-1)22-17-23-20-13-7-8-14-21(20)25-27(33(23)32-22)24(19-11-5-2-6-12-19)26-28(31-25)30-16-15-29-26/h1-17H. The van der Waals surface area contributed by atoms with Crippen LogP contribution in [0.3, 0.4) is 0 Å². The molecule has 7 aromatic rings. The van der Waals surface area contributed by atoms with Crippen LogP contribution in [0.2, 0.25) is 0 Å². The molecule has 0 amide bonds. The summed E-state index contributed by atoms with van der Waals surface area (Å²) in [5.41, 5.74) is 8.29. The fourth-order valence-corrected chi connectivity index (χ4v) is 4.66. The highest BCUT2D eigenvalue weighted by Gasteiger charge is 2.20. The second kappa shape index (κ2) is 6.93. The first kappa shape index (κ1) is 18.0. The fraction of sp³-hybridized carbons (Fsp3) is 0. The van der Waals surface area contributed by atoms with Crippen LogP contribution in [0.25, 0.3) is 60.9 Å². The van der Waals surface area contributed by atoms with Gasteiger partial charge >= 0.3 is 0 Å². The molecule has 5 heteroatoms. The Kier molecular flexibility index (Phi) is 3.78. The van der Waals surface area contributed by atoms with Crippen molar-refractivity contribution >= 4 is 38.5 Å². The smallest absolute Gasteiger partial charge is 0.179 e. The van der Waals surface area contributed by atoms with Gasteiger partial charge in [-0.3, -0.25) is 4.98 Å². The molecule has 4 heterocycles. The largest absolute Gasteiger partial charge is 0.251 e. The van der Waals surface area contributed by atoms with Crippen molar-refractivity contribution in [3.8, 4) is 22.4 Å². The van der Waals surface area contributed by atoms with Gasteiger partial charge in [0, 0.05) is 34.3 Å². The minimum Gasteiger partial charge on any atom is -0.251 e. The lowest BCUT2D eigenvalue weighted by atomic mass is 10.00. The highest BCUT2D eigenvalue weighted by molar-refractivity contribution is 6.18. The van der Waals surface area contributed by atoms with Crippen molar-refractivity contribution in [1.82, 2.24) is 24.6 Å². The molecule has 0 N–H and O–H groups in total. The first-order valence-electron chi connectivity index (χ1n) is 10.8. The third kappa shape index (κ3) is 2.66. The Balaban J connectivity index is 1.76. The van der Waals surface area contributed by atoms with E-state index >= 15 is 0 Å². The predicted octanol–water partition coefficient (Wildman–Crippen LogP) is 6.31. The zero-order chi connectivity index (χ0) is 21.8. The van der Waals surface area contributed by atoms with Crippen molar-refractivity contribution in [2.24, 2.45) is 0 Å². The van der Waals surface area contributed by atoms with Gasteiger partial charge in [0.2, 0.25) is 0 Å². The van der Waals surface area contributed by atoms with Crippen LogP contribution in [0.15, 0.2) is 103 Å². The van der Waals surface area contributed by atoms with E-state index < -0.39 is 0 Å². The molecule has 0 spiro atoms. The number of hydrogen-bond acceptors (Lipinski definition) is 4. The van der Waals surface area contributed by atoms with Crippen LogP contribution in [-0.2, 0) is 0 Å². The minimum absolute atomic E-state index is 0.629. The van der Waals surface area contributed by atoms with E-state index in [1.165, 1.54) is 0 Å². The Labute approximate surface area is 189 Å². The molecule has 5 nitrogen and oxygen atoms in total. The number of pyridine rings is 2. The van der Waals surface area contributed by atoms with Crippen LogP contribution in [0.4, 0.5) is 0 Å². The highest BCUT2D eigenvalue weighted by Crippen LogP contribution is 2.38. The summed E-state index contributed by atoms with van der Waals surface area (Å²) < 4.78 is 2.03. The lowest BCUT2D eigenvalue weighted by Crippen LogP contribution is -2.00. The van der Waals surface area contributed by atoms with E-state index in [0.717, 1.165) is 55.2 Å². The first-order chi connectivity index (χ1) is 16.4. The van der Waals surface area contributed by atoms with Crippen molar-refractivity contribution in [3.05, 3.63) is 103 Å². The Bertz CT molecular complexity index is 1810. The van der Waals surface area contributed by atoms with Crippen molar-refractivity contribution in [3.63, 3.8) is 0 Å². The molecule has 0 aliphatic rings. The van der Waals surface area contributed by atoms with Crippen LogP contribution in [-0.4, -0.2) is 24.6 Å². The summed E-state index contributed by atoms with van der Waals surface area (Å²) >= 11 is 0. The Hall–Kier alpha value is -4.64. The molecule has 0 fully saturated rings. The van der Waals surface area contributed by atoms with Gasteiger partial charge in [-0.2, -0.15) is 5.10 Å². The SMILES string of the molecule is c1ccc(-c2cc3c4ccccc4c4nc5nccnc5c(-c5ccccc5)c4n3n2)cc1. The molecule has 154 valence electrons. The summed E-state index contributed by atoms with van der Waals surface area (Å²) in [6.45, 7) is 0. The Morgan fingerprint density at radius 3 is 2.06 bits per heavy atom. The number of rotatable bonds is 2. The number of aromatic nitrogens is 5. The molecule has 0 saturated heterocycles. The summed E-state index contributed by atoms with van der Waals surface area (Å²) in [6, 6.07) is 31.1. The topological polar surface area (TPSA) is 56.0 Å². The minimum atomic E-state index is 0.629. The van der Waals surface area contributed by atoms with Gasteiger partial charge in [0.05, 0.1) is 16.7 Å². The molecule has 0 bridgehead atoms. The molecule has 0 saturated carbocycles. The molecule has 7 rings (SSSR count). The Morgan fingerprint density at radius 2 is 1.27 bits per heavy atom. The summed E-state index contributed by atoms with van der Waals surface area (Å²) in [5, 5.41) is 7.26. The van der Waals surface area contributed by atoms with Gasteiger partial charge in [-0.05, 0) is 11.6 Å². The van der Waals surface area contributed by atoms with Crippen LogP contribution in [0.1, 0.15) is 0 Å². The van der Waals surface area contributed by atoms with Crippen LogP contribution in [0.5, 0.6) is 0 Å². The van der Waals surface area contributed by atoms with Crippen LogP contribution >= 0.6 is 0 Å². The zero-order valence-corrected chi connectivity index (χ0v) is 17.6. The van der Waals surface area contributed by atoms with E-state index in [-0.39, 0.29) is 0 Å². The second-order valence-corrected chi connectivity index (χ2v) is 8.02. The normalized spacial score (nSPS) is 11.6. The first-order valence-corrected chi connectivity index (χ1v) is 10.8. The molecule has 33 heavy (non-hydrogen) atoms. The summed E-state index contributed by atoms with van der Waals surface area (Å²) in [5.74, 6) is 0. The lowest BCUT2D eigenvalue weighted by molar-refractivity contribution is 1.01. The van der Waals surface area contributed by atoms with E-state index in [0.29, 0.717) is 5.65 Å². The molecule has 3 aromatic carbocycles. The van der Waals surface area contributed by atoms with Gasteiger partial charge in [-0.15, -0.1) is 0 Å². The van der Waals surface area contributed by atoms with E-state index in [4.69, 9.17) is 15.1 Å². The van der Waals surface area contributed by atoms with Gasteiger partial charge in [0.25, 0.3) is 0 Å². The molecule has 0 unspecified atom stereocenters. The van der Waals surface area contributed by atoms with E-state index in [1.807, 2.05) is 40.9 Å². The monoisotopic (exact) mass is 423 g/mol. The quantitative estimate of drug-likeness (QED) is 0.241. The zero-order valence-electron chi connectivity index (χ0n) is 17.6. The molecule has 0 radical (unpaired) electrons. The molecule has 0 atom stereocenters. The maximum absolute atomic E-state index is 5.08. The van der Waals surface area contributed by atoms with Crippen molar-refractivity contribution in [2.45, 2.75) is 0 Å². The van der Waals surface area contributed by atoms with Crippen LogP contribution in [0, 0.1) is 0 Å². The van der Waals surface area contributed by atoms with E-state index in [2.05, 4.69) is 59.6 Å². The van der Waals surface area contributed by atoms with E-state index in [9.17, 15) is 0 Å². The summed E-state index contributed by atoms with van der Waals surface area (Å²) in [7, 11) is 0. The predicted molar refractivity (Wildman–Crippen MR) is 132 cm³/mol. The maximum atomic E-state index is 5.08. The molecule has 4 aromatic heterocycles. The highest BCUT2D eigenvalue weighted by atomic mass is 15.2. The van der Waals surface area contributed by atoms with Gasteiger partial charge in [-0.25, -0.2) is 14.5 Å². The molecule has 0 aliphatic carbocycles. The van der Waals surface area contributed by atoms with Gasteiger partial charge in [0.1, 0.15) is 11.0 Å². The number of nitrogens with zero attached hydrogens (tertiary/aromatic N) is 5. The van der Waals surface area contributed by atoms with E-state index in [1.54, 1.807) is 12.4 Å².